The Morgan fingerprint density at radius 3 is 2.81 bits per heavy atom. The SMILES string of the molecule is O=C(c1cnc(C2CC2)[nH]1)N1CCNCC1. The molecule has 5 nitrogen and oxygen atoms in total. The van der Waals surface area contributed by atoms with Gasteiger partial charge in [-0.05, 0) is 12.8 Å². The van der Waals surface area contributed by atoms with Crippen molar-refractivity contribution in [2.45, 2.75) is 18.8 Å². The maximum absolute atomic E-state index is 12.1. The number of aromatic nitrogens is 2. The van der Waals surface area contributed by atoms with Crippen LogP contribution in [0.1, 0.15) is 35.1 Å². The summed E-state index contributed by atoms with van der Waals surface area (Å²) in [6.45, 7) is 3.35. The molecule has 1 aliphatic heterocycles. The van der Waals surface area contributed by atoms with Crippen molar-refractivity contribution in [2.75, 3.05) is 26.2 Å². The number of carbonyl (C=O) groups is 1. The number of rotatable bonds is 2. The van der Waals surface area contributed by atoms with Gasteiger partial charge in [-0.25, -0.2) is 4.98 Å². The fourth-order valence-electron chi connectivity index (χ4n) is 2.05. The molecule has 2 N–H and O–H groups in total. The first-order valence-electron chi connectivity index (χ1n) is 5.89. The molecule has 0 bridgehead atoms. The van der Waals surface area contributed by atoms with Crippen LogP contribution in [0.15, 0.2) is 6.20 Å². The van der Waals surface area contributed by atoms with E-state index in [0.717, 1.165) is 32.0 Å². The summed E-state index contributed by atoms with van der Waals surface area (Å²) in [5.41, 5.74) is 0.642. The minimum absolute atomic E-state index is 0.0842. The Morgan fingerprint density at radius 2 is 2.12 bits per heavy atom. The van der Waals surface area contributed by atoms with E-state index in [1.165, 1.54) is 12.8 Å². The minimum atomic E-state index is 0.0842. The van der Waals surface area contributed by atoms with Crippen LogP contribution in [-0.4, -0.2) is 47.0 Å². The van der Waals surface area contributed by atoms with Crippen LogP contribution in [0.25, 0.3) is 0 Å². The van der Waals surface area contributed by atoms with Gasteiger partial charge in [0.1, 0.15) is 11.5 Å². The van der Waals surface area contributed by atoms with Crippen LogP contribution in [0.3, 0.4) is 0 Å². The maximum atomic E-state index is 12.1. The number of hydrogen-bond donors (Lipinski definition) is 2. The van der Waals surface area contributed by atoms with Gasteiger partial charge < -0.3 is 15.2 Å². The Kier molecular flexibility index (Phi) is 2.40. The molecule has 1 aromatic heterocycles. The number of aromatic amines is 1. The lowest BCUT2D eigenvalue weighted by Crippen LogP contribution is -2.46. The van der Waals surface area contributed by atoms with Gasteiger partial charge in [-0.3, -0.25) is 4.79 Å². The Morgan fingerprint density at radius 1 is 1.38 bits per heavy atom. The van der Waals surface area contributed by atoms with E-state index in [2.05, 4.69) is 15.3 Å². The first-order valence-corrected chi connectivity index (χ1v) is 5.89. The lowest BCUT2D eigenvalue weighted by molar-refractivity contribution is 0.0730. The number of imidazole rings is 1. The van der Waals surface area contributed by atoms with Crippen LogP contribution in [0.4, 0.5) is 0 Å². The summed E-state index contributed by atoms with van der Waals surface area (Å²) in [5.74, 6) is 1.64. The molecule has 5 heteroatoms. The molecule has 1 amide bonds. The topological polar surface area (TPSA) is 61.0 Å². The highest BCUT2D eigenvalue weighted by Gasteiger charge is 2.28. The van der Waals surface area contributed by atoms with E-state index < -0.39 is 0 Å². The molecule has 0 radical (unpaired) electrons. The van der Waals surface area contributed by atoms with Crippen LogP contribution in [0.2, 0.25) is 0 Å². The smallest absolute Gasteiger partial charge is 0.272 e. The monoisotopic (exact) mass is 220 g/mol. The van der Waals surface area contributed by atoms with Crippen molar-refractivity contribution in [3.63, 3.8) is 0 Å². The second kappa shape index (κ2) is 3.90. The van der Waals surface area contributed by atoms with E-state index in [-0.39, 0.29) is 5.91 Å². The van der Waals surface area contributed by atoms with Gasteiger partial charge in [0.2, 0.25) is 0 Å². The Balaban J connectivity index is 1.71. The van der Waals surface area contributed by atoms with Gasteiger partial charge in [0.15, 0.2) is 0 Å². The molecule has 16 heavy (non-hydrogen) atoms. The number of amides is 1. The standard InChI is InChI=1S/C11H16N4O/c16-11(15-5-3-12-4-6-15)9-7-13-10(14-9)8-1-2-8/h7-8,12H,1-6H2,(H,13,14). The predicted octanol–water partition coefficient (Wildman–Crippen LogP) is 0.332. The van der Waals surface area contributed by atoms with Crippen molar-refractivity contribution < 1.29 is 4.79 Å². The minimum Gasteiger partial charge on any atom is -0.338 e. The first-order chi connectivity index (χ1) is 7.84. The summed E-state index contributed by atoms with van der Waals surface area (Å²) in [5, 5.41) is 3.23. The third-order valence-corrected chi connectivity index (χ3v) is 3.19. The summed E-state index contributed by atoms with van der Waals surface area (Å²) < 4.78 is 0. The van der Waals surface area contributed by atoms with E-state index in [1.54, 1.807) is 6.20 Å². The van der Waals surface area contributed by atoms with Crippen molar-refractivity contribution >= 4 is 5.91 Å². The van der Waals surface area contributed by atoms with Crippen molar-refractivity contribution in [3.05, 3.63) is 17.7 Å². The van der Waals surface area contributed by atoms with Gasteiger partial charge >= 0.3 is 0 Å². The lowest BCUT2D eigenvalue weighted by Gasteiger charge is -2.26. The van der Waals surface area contributed by atoms with Crippen LogP contribution >= 0.6 is 0 Å². The quantitative estimate of drug-likeness (QED) is 0.755. The van der Waals surface area contributed by atoms with Gasteiger partial charge in [0.25, 0.3) is 5.91 Å². The third-order valence-electron chi connectivity index (χ3n) is 3.19. The average Bonchev–Trinajstić information content (AvgIpc) is 3.08. The van der Waals surface area contributed by atoms with E-state index >= 15 is 0 Å². The van der Waals surface area contributed by atoms with E-state index in [0.29, 0.717) is 11.6 Å². The van der Waals surface area contributed by atoms with Gasteiger partial charge in [-0.15, -0.1) is 0 Å². The van der Waals surface area contributed by atoms with Gasteiger partial charge in [-0.1, -0.05) is 0 Å². The molecule has 1 saturated carbocycles. The fourth-order valence-corrected chi connectivity index (χ4v) is 2.05. The van der Waals surface area contributed by atoms with Gasteiger partial charge in [0.05, 0.1) is 6.20 Å². The summed E-state index contributed by atoms with van der Waals surface area (Å²) in [4.78, 5) is 21.4. The second-order valence-corrected chi connectivity index (χ2v) is 4.50. The lowest BCUT2D eigenvalue weighted by atomic mass is 10.3. The molecule has 0 atom stereocenters. The number of nitrogens with zero attached hydrogens (tertiary/aromatic N) is 2. The first kappa shape index (κ1) is 9.84. The molecule has 0 spiro atoms. The Hall–Kier alpha value is -1.36. The zero-order chi connectivity index (χ0) is 11.0. The van der Waals surface area contributed by atoms with Crippen LogP contribution < -0.4 is 5.32 Å². The van der Waals surface area contributed by atoms with Crippen LogP contribution in [0.5, 0.6) is 0 Å². The van der Waals surface area contributed by atoms with Gasteiger partial charge in [0, 0.05) is 32.1 Å². The fraction of sp³-hybridized carbons (Fsp3) is 0.636. The summed E-state index contributed by atoms with van der Waals surface area (Å²) in [6, 6.07) is 0. The zero-order valence-corrected chi connectivity index (χ0v) is 9.20. The molecular weight excluding hydrogens is 204 g/mol. The van der Waals surface area contributed by atoms with Gasteiger partial charge in [-0.2, -0.15) is 0 Å². The van der Waals surface area contributed by atoms with E-state index in [4.69, 9.17) is 0 Å². The highest BCUT2D eigenvalue weighted by atomic mass is 16.2. The molecule has 1 aromatic rings. The number of nitrogens with one attached hydrogen (secondary N) is 2. The number of H-pyrrole nitrogens is 1. The summed E-state index contributed by atoms with van der Waals surface area (Å²) >= 11 is 0. The van der Waals surface area contributed by atoms with E-state index in [9.17, 15) is 4.79 Å². The number of hydrogen-bond acceptors (Lipinski definition) is 3. The van der Waals surface area contributed by atoms with E-state index in [1.807, 2.05) is 4.90 Å². The highest BCUT2D eigenvalue weighted by molar-refractivity contribution is 5.92. The summed E-state index contributed by atoms with van der Waals surface area (Å²) in [7, 11) is 0. The Bertz CT molecular complexity index is 390. The van der Waals surface area contributed by atoms with Crippen molar-refractivity contribution in [1.82, 2.24) is 20.2 Å². The molecule has 0 unspecified atom stereocenters. The maximum Gasteiger partial charge on any atom is 0.272 e. The number of carbonyl (C=O) groups excluding carboxylic acids is 1. The van der Waals surface area contributed by atoms with Crippen LogP contribution in [0, 0.1) is 0 Å². The molecular formula is C11H16N4O. The molecule has 2 heterocycles. The molecule has 3 rings (SSSR count). The third kappa shape index (κ3) is 1.82. The molecule has 0 aromatic carbocycles. The average molecular weight is 220 g/mol. The number of piperazine rings is 1. The normalized spacial score (nSPS) is 21.1. The second-order valence-electron chi connectivity index (χ2n) is 4.50. The molecule has 1 saturated heterocycles. The highest BCUT2D eigenvalue weighted by Crippen LogP contribution is 2.38. The summed E-state index contributed by atoms with van der Waals surface area (Å²) in [6.07, 6.45) is 4.08. The molecule has 2 fully saturated rings. The van der Waals surface area contributed by atoms with Crippen molar-refractivity contribution in [1.29, 1.82) is 0 Å². The van der Waals surface area contributed by atoms with Crippen LogP contribution in [-0.2, 0) is 0 Å². The largest absolute Gasteiger partial charge is 0.338 e. The molecule has 86 valence electrons. The van der Waals surface area contributed by atoms with Crippen molar-refractivity contribution in [3.8, 4) is 0 Å². The zero-order valence-electron chi connectivity index (χ0n) is 9.20. The predicted molar refractivity (Wildman–Crippen MR) is 59.3 cm³/mol. The molecule has 1 aliphatic carbocycles. The Labute approximate surface area is 94.2 Å². The molecule has 2 aliphatic rings. The van der Waals surface area contributed by atoms with Crippen molar-refractivity contribution in [2.24, 2.45) is 0 Å².